The standard InChI is InChI=1S/C29H24N4OS/c1-19-12-13-20(2)25(14-19)31-29-32(3)28(34)27(35-29)15-23-18-33(26-11-7-6-10-24(23)26)17-22-9-5-4-8-21(22)16-30/h4-15,18H,17H2,1-3H3/b27-15+,31-29?. The summed E-state index contributed by atoms with van der Waals surface area (Å²) in [6.45, 7) is 4.64. The second-order valence-electron chi connectivity index (χ2n) is 8.66. The van der Waals surface area contributed by atoms with E-state index in [0.29, 0.717) is 22.2 Å². The van der Waals surface area contributed by atoms with Gasteiger partial charge in [-0.05, 0) is 66.6 Å². The molecule has 0 radical (unpaired) electrons. The van der Waals surface area contributed by atoms with E-state index >= 15 is 0 Å². The van der Waals surface area contributed by atoms with Gasteiger partial charge in [0, 0.05) is 36.3 Å². The van der Waals surface area contributed by atoms with E-state index < -0.39 is 0 Å². The average molecular weight is 477 g/mol. The molecule has 35 heavy (non-hydrogen) atoms. The normalized spacial score (nSPS) is 15.9. The monoisotopic (exact) mass is 476 g/mol. The van der Waals surface area contributed by atoms with Crippen LogP contribution in [0.15, 0.2) is 82.8 Å². The van der Waals surface area contributed by atoms with Gasteiger partial charge in [-0.2, -0.15) is 5.26 Å². The van der Waals surface area contributed by atoms with Gasteiger partial charge in [0.1, 0.15) is 0 Å². The Morgan fingerprint density at radius 3 is 2.66 bits per heavy atom. The lowest BCUT2D eigenvalue weighted by molar-refractivity contribution is -0.121. The lowest BCUT2D eigenvalue weighted by Gasteiger charge is -2.08. The van der Waals surface area contributed by atoms with Crippen molar-refractivity contribution in [3.05, 3.63) is 106 Å². The fourth-order valence-corrected chi connectivity index (χ4v) is 5.18. The Bertz CT molecular complexity index is 1570. The molecule has 3 aromatic carbocycles. The van der Waals surface area contributed by atoms with Gasteiger partial charge in [-0.3, -0.25) is 9.69 Å². The van der Waals surface area contributed by atoms with Gasteiger partial charge in [-0.25, -0.2) is 4.99 Å². The van der Waals surface area contributed by atoms with E-state index in [1.165, 1.54) is 11.8 Å². The van der Waals surface area contributed by atoms with E-state index in [-0.39, 0.29) is 5.91 Å². The van der Waals surface area contributed by atoms with Crippen molar-refractivity contribution in [3.8, 4) is 6.07 Å². The summed E-state index contributed by atoms with van der Waals surface area (Å²) in [5.74, 6) is -0.0642. The summed E-state index contributed by atoms with van der Waals surface area (Å²) in [6.07, 6.45) is 4.00. The molecule has 0 spiro atoms. The molecule has 172 valence electrons. The summed E-state index contributed by atoms with van der Waals surface area (Å²) in [4.78, 5) is 20.1. The smallest absolute Gasteiger partial charge is 0.266 e. The molecule has 0 atom stereocenters. The van der Waals surface area contributed by atoms with E-state index in [0.717, 1.165) is 38.8 Å². The highest BCUT2D eigenvalue weighted by atomic mass is 32.2. The number of benzene rings is 3. The van der Waals surface area contributed by atoms with Crippen molar-refractivity contribution in [2.24, 2.45) is 4.99 Å². The molecule has 0 unspecified atom stereocenters. The predicted octanol–water partition coefficient (Wildman–Crippen LogP) is 6.41. The summed E-state index contributed by atoms with van der Waals surface area (Å²) in [7, 11) is 1.77. The Kier molecular flexibility index (Phi) is 6.02. The van der Waals surface area contributed by atoms with Crippen molar-refractivity contribution in [2.45, 2.75) is 20.4 Å². The van der Waals surface area contributed by atoms with Crippen LogP contribution in [0.1, 0.15) is 27.8 Å². The maximum atomic E-state index is 13.1. The number of para-hydroxylation sites is 1. The van der Waals surface area contributed by atoms with Crippen LogP contribution in [0.3, 0.4) is 0 Å². The van der Waals surface area contributed by atoms with Crippen LogP contribution in [0.5, 0.6) is 0 Å². The average Bonchev–Trinajstić information content (AvgIpc) is 3.34. The summed E-state index contributed by atoms with van der Waals surface area (Å²) < 4.78 is 2.14. The van der Waals surface area contributed by atoms with Gasteiger partial charge in [0.2, 0.25) is 0 Å². The van der Waals surface area contributed by atoms with Crippen LogP contribution < -0.4 is 0 Å². The fourth-order valence-electron chi connectivity index (χ4n) is 4.21. The molecule has 0 bridgehead atoms. The molecule has 1 amide bonds. The lowest BCUT2D eigenvalue weighted by atomic mass is 10.1. The third-order valence-electron chi connectivity index (χ3n) is 6.17. The SMILES string of the molecule is Cc1ccc(C)c(N=C2S/C(=C/c3cn(Cc4ccccc4C#N)c4ccccc34)C(=O)N2C)c1. The fraction of sp³-hybridized carbons (Fsp3) is 0.138. The first-order valence-electron chi connectivity index (χ1n) is 11.3. The van der Waals surface area contributed by atoms with Crippen molar-refractivity contribution in [2.75, 3.05) is 7.05 Å². The van der Waals surface area contributed by atoms with Crippen LogP contribution in [0.25, 0.3) is 17.0 Å². The predicted molar refractivity (Wildman–Crippen MR) is 144 cm³/mol. The number of thioether (sulfide) groups is 1. The molecule has 0 aliphatic carbocycles. The molecule has 0 saturated carbocycles. The van der Waals surface area contributed by atoms with Gasteiger partial charge in [-0.15, -0.1) is 0 Å². The van der Waals surface area contributed by atoms with E-state index in [9.17, 15) is 10.1 Å². The molecule has 2 heterocycles. The molecule has 1 aromatic heterocycles. The molecule has 1 fully saturated rings. The summed E-state index contributed by atoms with van der Waals surface area (Å²) in [5, 5.41) is 11.2. The van der Waals surface area contributed by atoms with Crippen LogP contribution in [0.4, 0.5) is 5.69 Å². The van der Waals surface area contributed by atoms with Gasteiger partial charge in [0.25, 0.3) is 5.91 Å². The zero-order chi connectivity index (χ0) is 24.5. The number of aromatic nitrogens is 1. The highest BCUT2D eigenvalue weighted by Gasteiger charge is 2.30. The first kappa shape index (κ1) is 22.7. The van der Waals surface area contributed by atoms with E-state index in [1.54, 1.807) is 11.9 Å². The van der Waals surface area contributed by atoms with Crippen molar-refractivity contribution >= 4 is 45.5 Å². The maximum Gasteiger partial charge on any atom is 0.266 e. The van der Waals surface area contributed by atoms with Crippen LogP contribution in [0, 0.1) is 25.2 Å². The number of likely N-dealkylation sites (N-methyl/N-ethyl adjacent to an activating group) is 1. The second kappa shape index (κ2) is 9.28. The summed E-state index contributed by atoms with van der Waals surface area (Å²) in [6, 6.07) is 24.2. The molecular formula is C29H24N4OS. The van der Waals surface area contributed by atoms with Crippen LogP contribution in [0.2, 0.25) is 0 Å². The number of amidine groups is 1. The molecule has 1 aliphatic rings. The lowest BCUT2D eigenvalue weighted by Crippen LogP contribution is -2.23. The first-order chi connectivity index (χ1) is 16.9. The van der Waals surface area contributed by atoms with Crippen molar-refractivity contribution in [1.29, 1.82) is 5.26 Å². The number of nitriles is 1. The maximum absolute atomic E-state index is 13.1. The highest BCUT2D eigenvalue weighted by molar-refractivity contribution is 8.18. The number of hydrogen-bond acceptors (Lipinski definition) is 4. The summed E-state index contributed by atoms with van der Waals surface area (Å²) >= 11 is 1.39. The van der Waals surface area contributed by atoms with Crippen molar-refractivity contribution < 1.29 is 4.79 Å². The van der Waals surface area contributed by atoms with Gasteiger partial charge >= 0.3 is 0 Å². The number of carbonyl (C=O) groups excluding carboxylic acids is 1. The number of fused-ring (bicyclic) bond motifs is 1. The van der Waals surface area contributed by atoms with Gasteiger partial charge < -0.3 is 4.57 Å². The number of amides is 1. The third kappa shape index (κ3) is 4.39. The number of hydrogen-bond donors (Lipinski definition) is 0. The Hall–Kier alpha value is -4.08. The third-order valence-corrected chi connectivity index (χ3v) is 7.23. The first-order valence-corrected chi connectivity index (χ1v) is 12.2. The highest BCUT2D eigenvalue weighted by Crippen LogP contribution is 2.35. The van der Waals surface area contributed by atoms with Crippen LogP contribution in [-0.2, 0) is 11.3 Å². The van der Waals surface area contributed by atoms with Gasteiger partial charge in [-0.1, -0.05) is 48.5 Å². The topological polar surface area (TPSA) is 61.4 Å². The van der Waals surface area contributed by atoms with E-state index in [1.807, 2.05) is 68.5 Å². The zero-order valence-corrected chi connectivity index (χ0v) is 20.6. The molecular weight excluding hydrogens is 452 g/mol. The number of rotatable bonds is 4. The summed E-state index contributed by atoms with van der Waals surface area (Å²) in [5.41, 5.74) is 6.73. The zero-order valence-electron chi connectivity index (χ0n) is 19.8. The van der Waals surface area contributed by atoms with Crippen LogP contribution >= 0.6 is 11.8 Å². The Labute approximate surface area is 209 Å². The largest absolute Gasteiger partial charge is 0.342 e. The van der Waals surface area contributed by atoms with Gasteiger partial charge in [0.05, 0.1) is 22.2 Å². The van der Waals surface area contributed by atoms with E-state index in [4.69, 9.17) is 4.99 Å². The molecule has 6 heteroatoms. The van der Waals surface area contributed by atoms with Gasteiger partial charge in [0.15, 0.2) is 5.17 Å². The number of aliphatic imine (C=N–C) groups is 1. The molecule has 5 nitrogen and oxygen atoms in total. The Morgan fingerprint density at radius 1 is 1.06 bits per heavy atom. The Balaban J connectivity index is 1.53. The molecule has 0 N–H and O–H groups in total. The second-order valence-corrected chi connectivity index (χ2v) is 9.67. The minimum atomic E-state index is -0.0642. The quantitative estimate of drug-likeness (QED) is 0.320. The van der Waals surface area contributed by atoms with Crippen molar-refractivity contribution in [3.63, 3.8) is 0 Å². The van der Waals surface area contributed by atoms with E-state index in [2.05, 4.69) is 35.0 Å². The number of nitrogens with zero attached hydrogens (tertiary/aromatic N) is 4. The molecule has 5 rings (SSSR count). The Morgan fingerprint density at radius 2 is 1.83 bits per heavy atom. The number of carbonyl (C=O) groups is 1. The molecule has 1 saturated heterocycles. The molecule has 1 aliphatic heterocycles. The minimum absolute atomic E-state index is 0.0642. The van der Waals surface area contributed by atoms with Crippen molar-refractivity contribution in [1.82, 2.24) is 9.47 Å². The van der Waals surface area contributed by atoms with Crippen LogP contribution in [-0.4, -0.2) is 27.6 Å². The number of aryl methyl sites for hydroxylation is 2. The minimum Gasteiger partial charge on any atom is -0.342 e. The molecule has 4 aromatic rings.